The van der Waals surface area contributed by atoms with Gasteiger partial charge in [0.05, 0.1) is 11.6 Å². The van der Waals surface area contributed by atoms with Crippen LogP contribution in [-0.2, 0) is 4.79 Å². The molecule has 0 aliphatic rings. The Kier molecular flexibility index (Phi) is 5.02. The Morgan fingerprint density at radius 2 is 2.06 bits per heavy atom. The Morgan fingerprint density at radius 1 is 1.41 bits per heavy atom. The second-order valence-electron chi connectivity index (χ2n) is 3.74. The van der Waals surface area contributed by atoms with Gasteiger partial charge in [0.15, 0.2) is 6.61 Å². The van der Waals surface area contributed by atoms with Gasteiger partial charge in [0.2, 0.25) is 0 Å². The summed E-state index contributed by atoms with van der Waals surface area (Å²) in [5.74, 6) is 0.554. The van der Waals surface area contributed by atoms with Crippen molar-refractivity contribution < 1.29 is 9.53 Å². The Morgan fingerprint density at radius 3 is 2.59 bits per heavy atom. The summed E-state index contributed by atoms with van der Waals surface area (Å²) >= 11 is 0. The summed E-state index contributed by atoms with van der Waals surface area (Å²) in [7, 11) is 1.76. The maximum Gasteiger partial charge on any atom is 0.260 e. The van der Waals surface area contributed by atoms with Gasteiger partial charge >= 0.3 is 0 Å². The minimum atomic E-state index is -0.0452. The van der Waals surface area contributed by atoms with Crippen molar-refractivity contribution in [3.63, 3.8) is 0 Å². The second kappa shape index (κ2) is 6.54. The number of hydrogen-bond donors (Lipinski definition) is 0. The van der Waals surface area contributed by atoms with Crippen molar-refractivity contribution in [2.75, 3.05) is 20.2 Å². The van der Waals surface area contributed by atoms with Crippen LogP contribution in [0.15, 0.2) is 24.3 Å². The molecule has 0 aliphatic carbocycles. The van der Waals surface area contributed by atoms with E-state index in [0.717, 1.165) is 13.0 Å². The minimum absolute atomic E-state index is 0.0302. The van der Waals surface area contributed by atoms with Crippen molar-refractivity contribution in [1.29, 1.82) is 5.26 Å². The molecule has 0 saturated carbocycles. The monoisotopic (exact) mass is 232 g/mol. The van der Waals surface area contributed by atoms with Crippen molar-refractivity contribution in [2.24, 2.45) is 0 Å². The van der Waals surface area contributed by atoms with Crippen LogP contribution < -0.4 is 4.74 Å². The first-order valence-electron chi connectivity index (χ1n) is 5.54. The predicted octanol–water partition coefficient (Wildman–Crippen LogP) is 1.81. The lowest BCUT2D eigenvalue weighted by atomic mass is 10.2. The Hall–Kier alpha value is -2.02. The van der Waals surface area contributed by atoms with E-state index in [9.17, 15) is 4.79 Å². The van der Waals surface area contributed by atoms with E-state index in [1.807, 2.05) is 13.0 Å². The fraction of sp³-hybridized carbons (Fsp3) is 0.385. The second-order valence-corrected chi connectivity index (χ2v) is 3.74. The zero-order valence-electron chi connectivity index (χ0n) is 10.1. The molecule has 1 aromatic rings. The van der Waals surface area contributed by atoms with Crippen LogP contribution >= 0.6 is 0 Å². The molecule has 90 valence electrons. The summed E-state index contributed by atoms with van der Waals surface area (Å²) in [5, 5.41) is 8.63. The molecule has 0 aliphatic heterocycles. The van der Waals surface area contributed by atoms with E-state index in [0.29, 0.717) is 11.3 Å². The topological polar surface area (TPSA) is 53.3 Å². The lowest BCUT2D eigenvalue weighted by Gasteiger charge is -2.16. The van der Waals surface area contributed by atoms with Crippen molar-refractivity contribution in [3.8, 4) is 11.8 Å². The third-order valence-corrected chi connectivity index (χ3v) is 2.33. The van der Waals surface area contributed by atoms with Crippen LogP contribution in [0, 0.1) is 11.3 Å². The molecule has 0 unspecified atom stereocenters. The Labute approximate surface area is 101 Å². The smallest absolute Gasteiger partial charge is 0.260 e. The predicted molar refractivity (Wildman–Crippen MR) is 64.6 cm³/mol. The van der Waals surface area contributed by atoms with Gasteiger partial charge in [-0.15, -0.1) is 0 Å². The lowest BCUT2D eigenvalue weighted by Crippen LogP contribution is -2.31. The van der Waals surface area contributed by atoms with Gasteiger partial charge in [0.25, 0.3) is 5.91 Å². The van der Waals surface area contributed by atoms with Crippen LogP contribution in [0.3, 0.4) is 0 Å². The first-order valence-corrected chi connectivity index (χ1v) is 5.54. The van der Waals surface area contributed by atoms with Gasteiger partial charge in [-0.25, -0.2) is 0 Å². The summed E-state index contributed by atoms with van der Waals surface area (Å²) in [6.45, 7) is 2.78. The molecule has 0 N–H and O–H groups in total. The first kappa shape index (κ1) is 13.0. The van der Waals surface area contributed by atoms with Crippen LogP contribution in [0.5, 0.6) is 5.75 Å². The maximum absolute atomic E-state index is 11.6. The highest BCUT2D eigenvalue weighted by Gasteiger charge is 2.08. The number of hydrogen-bond acceptors (Lipinski definition) is 3. The number of ether oxygens (including phenoxy) is 1. The molecule has 0 saturated heterocycles. The van der Waals surface area contributed by atoms with E-state index in [2.05, 4.69) is 0 Å². The van der Waals surface area contributed by atoms with Gasteiger partial charge in [0, 0.05) is 13.6 Å². The van der Waals surface area contributed by atoms with Crippen LogP contribution in [0.25, 0.3) is 0 Å². The van der Waals surface area contributed by atoms with Crippen molar-refractivity contribution >= 4 is 5.91 Å². The zero-order chi connectivity index (χ0) is 12.7. The summed E-state index contributed by atoms with van der Waals surface area (Å²) in [4.78, 5) is 13.2. The highest BCUT2D eigenvalue weighted by Crippen LogP contribution is 2.11. The highest BCUT2D eigenvalue weighted by molar-refractivity contribution is 5.77. The molecule has 0 aromatic heterocycles. The van der Waals surface area contributed by atoms with E-state index in [-0.39, 0.29) is 12.5 Å². The summed E-state index contributed by atoms with van der Waals surface area (Å²) in [6, 6.07) is 8.72. The molecule has 0 bridgehead atoms. The molecule has 4 nitrogen and oxygen atoms in total. The summed E-state index contributed by atoms with van der Waals surface area (Å²) in [5.41, 5.74) is 0.576. The average Bonchev–Trinajstić information content (AvgIpc) is 2.36. The molecule has 0 spiro atoms. The fourth-order valence-corrected chi connectivity index (χ4v) is 1.34. The van der Waals surface area contributed by atoms with E-state index >= 15 is 0 Å². The van der Waals surface area contributed by atoms with E-state index in [4.69, 9.17) is 10.00 Å². The molecule has 1 rings (SSSR count). The van der Waals surface area contributed by atoms with Gasteiger partial charge in [-0.3, -0.25) is 4.79 Å². The van der Waals surface area contributed by atoms with Crippen molar-refractivity contribution in [3.05, 3.63) is 29.8 Å². The van der Waals surface area contributed by atoms with Crippen molar-refractivity contribution in [2.45, 2.75) is 13.3 Å². The van der Waals surface area contributed by atoms with Crippen LogP contribution in [0.1, 0.15) is 18.9 Å². The molecule has 0 heterocycles. The van der Waals surface area contributed by atoms with Crippen LogP contribution in [0.2, 0.25) is 0 Å². The largest absolute Gasteiger partial charge is 0.484 e. The highest BCUT2D eigenvalue weighted by atomic mass is 16.5. The van der Waals surface area contributed by atoms with Crippen molar-refractivity contribution in [1.82, 2.24) is 4.90 Å². The zero-order valence-corrected chi connectivity index (χ0v) is 10.1. The Bertz CT molecular complexity index is 406. The first-order chi connectivity index (χ1) is 8.17. The molecule has 1 amide bonds. The third kappa shape index (κ3) is 4.15. The molecule has 17 heavy (non-hydrogen) atoms. The maximum atomic E-state index is 11.6. The number of benzene rings is 1. The Balaban J connectivity index is 2.45. The summed E-state index contributed by atoms with van der Waals surface area (Å²) in [6.07, 6.45) is 0.930. The molecular weight excluding hydrogens is 216 g/mol. The van der Waals surface area contributed by atoms with E-state index in [1.54, 1.807) is 36.2 Å². The van der Waals surface area contributed by atoms with Crippen LogP contribution in [0.4, 0.5) is 0 Å². The number of nitrogens with zero attached hydrogens (tertiary/aromatic N) is 2. The van der Waals surface area contributed by atoms with Gasteiger partial charge in [-0.05, 0) is 30.7 Å². The normalized spacial score (nSPS) is 9.47. The number of nitriles is 1. The average molecular weight is 232 g/mol. The lowest BCUT2D eigenvalue weighted by molar-refractivity contribution is -0.132. The SMILES string of the molecule is CCCN(C)C(=O)COc1ccc(C#N)cc1. The molecule has 0 atom stereocenters. The number of carbonyl (C=O) groups excluding carboxylic acids is 1. The minimum Gasteiger partial charge on any atom is -0.484 e. The quantitative estimate of drug-likeness (QED) is 0.778. The van der Waals surface area contributed by atoms with E-state index in [1.165, 1.54) is 0 Å². The fourth-order valence-electron chi connectivity index (χ4n) is 1.34. The number of amides is 1. The summed E-state index contributed by atoms with van der Waals surface area (Å²) < 4.78 is 5.33. The molecule has 0 radical (unpaired) electrons. The molecule has 0 fully saturated rings. The van der Waals surface area contributed by atoms with Gasteiger partial charge in [0.1, 0.15) is 5.75 Å². The van der Waals surface area contributed by atoms with E-state index < -0.39 is 0 Å². The van der Waals surface area contributed by atoms with Gasteiger partial charge in [-0.1, -0.05) is 6.92 Å². The molecule has 4 heteroatoms. The number of rotatable bonds is 5. The van der Waals surface area contributed by atoms with Crippen LogP contribution in [-0.4, -0.2) is 31.0 Å². The van der Waals surface area contributed by atoms with Gasteiger partial charge in [-0.2, -0.15) is 5.26 Å². The molecular formula is C13H16N2O2. The number of likely N-dealkylation sites (N-methyl/N-ethyl adjacent to an activating group) is 1. The standard InChI is InChI=1S/C13H16N2O2/c1-3-8-15(2)13(16)10-17-12-6-4-11(9-14)5-7-12/h4-7H,3,8,10H2,1-2H3. The van der Waals surface area contributed by atoms with Gasteiger partial charge < -0.3 is 9.64 Å². The molecule has 1 aromatic carbocycles. The third-order valence-electron chi connectivity index (χ3n) is 2.33. The number of carbonyl (C=O) groups is 1.